The summed E-state index contributed by atoms with van der Waals surface area (Å²) in [4.78, 5) is 19.8. The van der Waals surface area contributed by atoms with Gasteiger partial charge in [-0.2, -0.15) is 10.1 Å². The number of anilines is 3. The van der Waals surface area contributed by atoms with Gasteiger partial charge in [0, 0.05) is 25.5 Å². The zero-order valence-electron chi connectivity index (χ0n) is 18.3. The van der Waals surface area contributed by atoms with E-state index in [-0.39, 0.29) is 5.91 Å². The number of hydrogen-bond acceptors (Lipinski definition) is 6. The second-order valence-electron chi connectivity index (χ2n) is 7.74. The van der Waals surface area contributed by atoms with Crippen molar-refractivity contribution in [1.82, 2.24) is 14.8 Å². The van der Waals surface area contributed by atoms with Crippen LogP contribution in [0, 0.1) is 6.92 Å². The molecule has 0 bridgehead atoms. The summed E-state index contributed by atoms with van der Waals surface area (Å²) < 4.78 is 7.16. The van der Waals surface area contributed by atoms with Crippen molar-refractivity contribution >= 4 is 23.2 Å². The molecule has 2 N–H and O–H groups in total. The number of amides is 1. The van der Waals surface area contributed by atoms with Crippen molar-refractivity contribution in [2.24, 2.45) is 0 Å². The predicted octanol–water partition coefficient (Wildman–Crippen LogP) is 3.59. The van der Waals surface area contributed by atoms with Crippen molar-refractivity contribution in [2.75, 3.05) is 36.7 Å². The van der Waals surface area contributed by atoms with Gasteiger partial charge in [0.15, 0.2) is 0 Å². The lowest BCUT2D eigenvalue weighted by molar-refractivity contribution is -0.113. The van der Waals surface area contributed by atoms with E-state index in [0.29, 0.717) is 23.0 Å². The van der Waals surface area contributed by atoms with Gasteiger partial charge in [-0.1, -0.05) is 18.2 Å². The number of carbonyl (C=O) groups excluding carboxylic acids is 1. The number of nitrogens with zero attached hydrogens (tertiary/aromatic N) is 4. The first-order valence-electron chi connectivity index (χ1n) is 9.99. The highest BCUT2D eigenvalue weighted by atomic mass is 16.5. The number of benzene rings is 2. The molecule has 2 aromatic carbocycles. The smallest absolute Gasteiger partial charge is 0.255 e. The molecule has 1 amide bonds. The van der Waals surface area contributed by atoms with E-state index in [9.17, 15) is 4.79 Å². The molecule has 0 radical (unpaired) electrons. The molecule has 160 valence electrons. The monoisotopic (exact) mass is 418 g/mol. The number of fused-ring (bicyclic) bond motifs is 1. The Morgan fingerprint density at radius 2 is 1.90 bits per heavy atom. The van der Waals surface area contributed by atoms with E-state index in [1.807, 2.05) is 75.3 Å². The molecule has 0 unspecified atom stereocenters. The zero-order chi connectivity index (χ0) is 22.1. The molecule has 8 heteroatoms. The molecule has 2 heterocycles. The molecular formula is C23H26N6O2. The summed E-state index contributed by atoms with van der Waals surface area (Å²) >= 11 is 0. The Hall–Kier alpha value is -3.81. The highest BCUT2D eigenvalue weighted by Crippen LogP contribution is 2.36. The first-order valence-corrected chi connectivity index (χ1v) is 9.99. The Bertz CT molecular complexity index is 1150. The van der Waals surface area contributed by atoms with Gasteiger partial charge in [-0.25, -0.2) is 4.68 Å². The Morgan fingerprint density at radius 3 is 2.58 bits per heavy atom. The molecule has 3 aromatic rings. The van der Waals surface area contributed by atoms with Crippen LogP contribution in [0.2, 0.25) is 0 Å². The summed E-state index contributed by atoms with van der Waals surface area (Å²) in [6, 6.07) is 13.4. The van der Waals surface area contributed by atoms with Crippen molar-refractivity contribution in [3.8, 4) is 5.75 Å². The average molecular weight is 419 g/mol. The molecular weight excluding hydrogens is 392 g/mol. The lowest BCUT2D eigenvalue weighted by Gasteiger charge is -2.29. The lowest BCUT2D eigenvalue weighted by Crippen LogP contribution is -2.31. The second kappa shape index (κ2) is 8.14. The fraction of sp³-hybridized carbons (Fsp3) is 0.261. The highest BCUT2D eigenvalue weighted by molar-refractivity contribution is 6.06. The van der Waals surface area contributed by atoms with Crippen LogP contribution in [0.5, 0.6) is 5.75 Å². The van der Waals surface area contributed by atoms with Crippen LogP contribution >= 0.6 is 0 Å². The Kier molecular flexibility index (Phi) is 5.37. The molecule has 0 saturated heterocycles. The van der Waals surface area contributed by atoms with E-state index < -0.39 is 6.04 Å². The standard InChI is InChI=1S/C23H26N6O2/c1-14-6-11-19(31-5)18(12-14)27-22(30)20-15(2)26-23-24-13-25-29(23)21(20)16-7-9-17(10-8-16)28(3)4/h6-13,21H,1-5H3,(H,27,30)(H,24,25,26)/t21-/m0/s1. The van der Waals surface area contributed by atoms with Crippen LogP contribution in [0.25, 0.3) is 0 Å². The largest absolute Gasteiger partial charge is 0.495 e. The van der Waals surface area contributed by atoms with E-state index in [2.05, 4.69) is 20.7 Å². The number of aromatic nitrogens is 3. The molecule has 8 nitrogen and oxygen atoms in total. The van der Waals surface area contributed by atoms with Gasteiger partial charge < -0.3 is 20.3 Å². The molecule has 1 aromatic heterocycles. The van der Waals surface area contributed by atoms with Crippen molar-refractivity contribution in [1.29, 1.82) is 0 Å². The van der Waals surface area contributed by atoms with Crippen LogP contribution in [-0.2, 0) is 4.79 Å². The molecule has 0 fully saturated rings. The van der Waals surface area contributed by atoms with Gasteiger partial charge in [0.1, 0.15) is 18.1 Å². The summed E-state index contributed by atoms with van der Waals surface area (Å²) in [6.45, 7) is 3.85. The van der Waals surface area contributed by atoms with Crippen LogP contribution in [0.4, 0.5) is 17.3 Å². The van der Waals surface area contributed by atoms with Gasteiger partial charge >= 0.3 is 0 Å². The van der Waals surface area contributed by atoms with E-state index in [4.69, 9.17) is 4.74 Å². The van der Waals surface area contributed by atoms with Gasteiger partial charge in [-0.15, -0.1) is 0 Å². The summed E-state index contributed by atoms with van der Waals surface area (Å²) in [5, 5.41) is 10.6. The first kappa shape index (κ1) is 20.5. The fourth-order valence-corrected chi connectivity index (χ4v) is 3.76. The molecule has 1 aliphatic rings. The quantitative estimate of drug-likeness (QED) is 0.659. The summed E-state index contributed by atoms with van der Waals surface area (Å²) in [5.74, 6) is 0.981. The third-order valence-corrected chi connectivity index (χ3v) is 5.37. The Labute approximate surface area is 181 Å². The van der Waals surface area contributed by atoms with Gasteiger partial charge in [0.05, 0.1) is 18.4 Å². The predicted molar refractivity (Wildman–Crippen MR) is 122 cm³/mol. The number of methoxy groups -OCH3 is 1. The minimum absolute atomic E-state index is 0.225. The number of aryl methyl sites for hydroxylation is 1. The number of ether oxygens (including phenoxy) is 1. The minimum Gasteiger partial charge on any atom is -0.495 e. The summed E-state index contributed by atoms with van der Waals surface area (Å²) in [5.41, 5.74) is 4.97. The number of carbonyl (C=O) groups is 1. The summed E-state index contributed by atoms with van der Waals surface area (Å²) in [6.07, 6.45) is 1.49. The van der Waals surface area contributed by atoms with Crippen molar-refractivity contribution in [3.63, 3.8) is 0 Å². The van der Waals surface area contributed by atoms with Crippen LogP contribution in [0.1, 0.15) is 24.1 Å². The SMILES string of the molecule is COc1ccc(C)cc1NC(=O)C1=C(C)Nc2ncnn2[C@H]1c1ccc(N(C)C)cc1. The van der Waals surface area contributed by atoms with Crippen LogP contribution in [0.3, 0.4) is 0 Å². The van der Waals surface area contributed by atoms with E-state index in [0.717, 1.165) is 22.5 Å². The maximum absolute atomic E-state index is 13.5. The number of allylic oxidation sites excluding steroid dienone is 1. The molecule has 0 saturated carbocycles. The number of hydrogen-bond donors (Lipinski definition) is 2. The van der Waals surface area contributed by atoms with E-state index in [1.54, 1.807) is 11.8 Å². The van der Waals surface area contributed by atoms with Crippen molar-refractivity contribution < 1.29 is 9.53 Å². The maximum Gasteiger partial charge on any atom is 0.255 e. The molecule has 0 spiro atoms. The molecule has 0 aliphatic carbocycles. The fourth-order valence-electron chi connectivity index (χ4n) is 3.76. The molecule has 4 rings (SSSR count). The maximum atomic E-state index is 13.5. The topological polar surface area (TPSA) is 84.3 Å². The summed E-state index contributed by atoms with van der Waals surface area (Å²) in [7, 11) is 5.57. The van der Waals surface area contributed by atoms with Crippen molar-refractivity contribution in [2.45, 2.75) is 19.9 Å². The normalized spacial score (nSPS) is 15.2. The molecule has 1 atom stereocenters. The molecule has 1 aliphatic heterocycles. The average Bonchev–Trinajstić information content (AvgIpc) is 3.21. The lowest BCUT2D eigenvalue weighted by atomic mass is 9.94. The Balaban J connectivity index is 1.75. The molecule has 31 heavy (non-hydrogen) atoms. The van der Waals surface area contributed by atoms with Gasteiger partial charge in [0.25, 0.3) is 5.91 Å². The van der Waals surface area contributed by atoms with Gasteiger partial charge in [-0.3, -0.25) is 4.79 Å². The van der Waals surface area contributed by atoms with Crippen LogP contribution in [0.15, 0.2) is 60.1 Å². The Morgan fingerprint density at radius 1 is 1.16 bits per heavy atom. The first-order chi connectivity index (χ1) is 14.9. The van der Waals surface area contributed by atoms with Crippen LogP contribution in [-0.4, -0.2) is 41.9 Å². The third kappa shape index (κ3) is 3.84. The van der Waals surface area contributed by atoms with E-state index in [1.165, 1.54) is 6.33 Å². The zero-order valence-corrected chi connectivity index (χ0v) is 18.3. The number of rotatable bonds is 5. The van der Waals surface area contributed by atoms with Crippen molar-refractivity contribution in [3.05, 3.63) is 71.2 Å². The second-order valence-corrected chi connectivity index (χ2v) is 7.74. The minimum atomic E-state index is -0.411. The van der Waals surface area contributed by atoms with E-state index >= 15 is 0 Å². The number of nitrogens with one attached hydrogen (secondary N) is 2. The van der Waals surface area contributed by atoms with Gasteiger partial charge in [0.2, 0.25) is 5.95 Å². The third-order valence-electron chi connectivity index (χ3n) is 5.37. The van der Waals surface area contributed by atoms with Crippen LogP contribution < -0.4 is 20.3 Å². The highest BCUT2D eigenvalue weighted by Gasteiger charge is 2.33. The van der Waals surface area contributed by atoms with Gasteiger partial charge in [-0.05, 0) is 49.2 Å².